The van der Waals surface area contributed by atoms with Crippen molar-refractivity contribution in [1.82, 2.24) is 4.90 Å². The quantitative estimate of drug-likeness (QED) is 0.585. The average Bonchev–Trinajstić information content (AvgIpc) is 2.40. The Morgan fingerprint density at radius 1 is 1.27 bits per heavy atom. The molecule has 5 atom stereocenters. The summed E-state index contributed by atoms with van der Waals surface area (Å²) in [6, 6.07) is 0.892. The summed E-state index contributed by atoms with van der Waals surface area (Å²) in [5, 5.41) is 0. The van der Waals surface area contributed by atoms with Crippen molar-refractivity contribution in [1.29, 1.82) is 0 Å². The Morgan fingerprint density at radius 3 is 2.91 bits per heavy atom. The van der Waals surface area contributed by atoms with Gasteiger partial charge in [0.05, 0.1) is 0 Å². The van der Waals surface area contributed by atoms with Crippen molar-refractivity contribution in [3.8, 4) is 0 Å². The van der Waals surface area contributed by atoms with Crippen LogP contribution in [0.3, 0.4) is 0 Å². The second-order valence-corrected chi connectivity index (χ2v) is 4.52. The molecule has 1 unspecified atom stereocenters. The molecule has 2 nitrogen and oxygen atoms in total. The molecule has 0 amide bonds. The van der Waals surface area contributed by atoms with Gasteiger partial charge >= 0.3 is 0 Å². The van der Waals surface area contributed by atoms with Crippen LogP contribution in [0.15, 0.2) is 0 Å². The van der Waals surface area contributed by atoms with E-state index < -0.39 is 0 Å². The molecule has 2 heteroatoms. The Bertz CT molecular complexity index is 176. The topological polar surface area (TPSA) is 29.3 Å². The number of piperidine rings is 1. The van der Waals surface area contributed by atoms with Crippen LogP contribution in [-0.4, -0.2) is 30.6 Å². The van der Waals surface area contributed by atoms with Crippen LogP contribution in [0.1, 0.15) is 12.8 Å². The fraction of sp³-hybridized carbons (Fsp3) is 1.00. The summed E-state index contributed by atoms with van der Waals surface area (Å²) in [7, 11) is 0. The lowest BCUT2D eigenvalue weighted by atomic mass is 9.76. The van der Waals surface area contributed by atoms with Gasteiger partial charge in [-0.05, 0) is 37.1 Å². The van der Waals surface area contributed by atoms with E-state index in [2.05, 4.69) is 4.90 Å². The van der Waals surface area contributed by atoms with Crippen molar-refractivity contribution in [3.05, 3.63) is 0 Å². The van der Waals surface area contributed by atoms with Gasteiger partial charge in [0, 0.05) is 19.1 Å². The Morgan fingerprint density at radius 2 is 2.18 bits per heavy atom. The first-order valence-corrected chi connectivity index (χ1v) is 4.82. The summed E-state index contributed by atoms with van der Waals surface area (Å²) in [5.74, 6) is 2.87. The molecule has 2 N–H and O–H groups in total. The Labute approximate surface area is 67.7 Å². The smallest absolute Gasteiger partial charge is 0.0142 e. The van der Waals surface area contributed by atoms with Crippen LogP contribution in [0, 0.1) is 17.8 Å². The molecule has 4 rings (SSSR count). The number of nitrogens with zero attached hydrogens (tertiary/aromatic N) is 1. The van der Waals surface area contributed by atoms with Gasteiger partial charge in [-0.2, -0.15) is 0 Å². The fourth-order valence-corrected chi connectivity index (χ4v) is 3.64. The molecule has 0 aromatic heterocycles. The third kappa shape index (κ3) is 0.695. The summed E-state index contributed by atoms with van der Waals surface area (Å²) in [6.07, 6.45) is 2.94. The van der Waals surface area contributed by atoms with Crippen LogP contribution in [0.2, 0.25) is 0 Å². The highest BCUT2D eigenvalue weighted by molar-refractivity contribution is 5.05. The van der Waals surface area contributed by atoms with Crippen molar-refractivity contribution in [3.63, 3.8) is 0 Å². The van der Waals surface area contributed by atoms with E-state index in [1.807, 2.05) is 0 Å². The van der Waals surface area contributed by atoms with Crippen molar-refractivity contribution >= 4 is 0 Å². The summed E-state index contributed by atoms with van der Waals surface area (Å²) >= 11 is 0. The number of nitrogens with two attached hydrogens (primary N) is 1. The molecule has 0 aromatic carbocycles. The van der Waals surface area contributed by atoms with E-state index in [0.717, 1.165) is 30.3 Å². The fourth-order valence-electron chi connectivity index (χ4n) is 3.64. The van der Waals surface area contributed by atoms with Crippen LogP contribution in [0.5, 0.6) is 0 Å². The lowest BCUT2D eigenvalue weighted by molar-refractivity contribution is 0.238. The maximum atomic E-state index is 5.78. The molecule has 0 spiro atoms. The van der Waals surface area contributed by atoms with Gasteiger partial charge in [0.25, 0.3) is 0 Å². The van der Waals surface area contributed by atoms with Crippen molar-refractivity contribution < 1.29 is 0 Å². The molecule has 1 saturated carbocycles. The Balaban J connectivity index is 1.91. The third-order valence-corrected chi connectivity index (χ3v) is 4.01. The zero-order valence-electron chi connectivity index (χ0n) is 6.87. The first-order valence-electron chi connectivity index (χ1n) is 4.82. The molecular formula is C9H16N2. The van der Waals surface area contributed by atoms with Crippen LogP contribution in [-0.2, 0) is 0 Å². The molecule has 0 radical (unpaired) electrons. The van der Waals surface area contributed by atoms with Gasteiger partial charge in [0.15, 0.2) is 0 Å². The SMILES string of the molecule is NC[C@H]1[C@H]2C[C@H]3C[C@@H]1N(C3)C2. The summed E-state index contributed by atoms with van der Waals surface area (Å²) < 4.78 is 0. The lowest BCUT2D eigenvalue weighted by Gasteiger charge is -2.29. The lowest BCUT2D eigenvalue weighted by Crippen LogP contribution is -2.33. The van der Waals surface area contributed by atoms with E-state index in [9.17, 15) is 0 Å². The van der Waals surface area contributed by atoms with Crippen molar-refractivity contribution in [2.45, 2.75) is 18.9 Å². The van der Waals surface area contributed by atoms with E-state index in [-0.39, 0.29) is 0 Å². The maximum absolute atomic E-state index is 5.78. The molecule has 4 aliphatic rings. The molecule has 62 valence electrons. The number of hydrogen-bond acceptors (Lipinski definition) is 2. The van der Waals surface area contributed by atoms with Gasteiger partial charge in [0.2, 0.25) is 0 Å². The normalized spacial score (nSPS) is 59.2. The minimum Gasteiger partial charge on any atom is -0.330 e. The predicted molar refractivity (Wildman–Crippen MR) is 44.1 cm³/mol. The van der Waals surface area contributed by atoms with Crippen molar-refractivity contribution in [2.75, 3.05) is 19.6 Å². The second kappa shape index (κ2) is 1.99. The van der Waals surface area contributed by atoms with Crippen LogP contribution < -0.4 is 5.73 Å². The summed E-state index contributed by atoms with van der Waals surface area (Å²) in [5.41, 5.74) is 5.78. The van der Waals surface area contributed by atoms with Gasteiger partial charge in [-0.1, -0.05) is 0 Å². The molecule has 1 aliphatic carbocycles. The molecule has 3 heterocycles. The molecular weight excluding hydrogens is 136 g/mol. The van der Waals surface area contributed by atoms with Crippen LogP contribution in [0.4, 0.5) is 0 Å². The third-order valence-electron chi connectivity index (χ3n) is 4.01. The summed E-state index contributed by atoms with van der Waals surface area (Å²) in [6.45, 7) is 3.68. The Kier molecular flexibility index (Phi) is 1.16. The molecule has 0 aromatic rings. The Hall–Kier alpha value is -0.0800. The van der Waals surface area contributed by atoms with Crippen molar-refractivity contribution in [2.24, 2.45) is 23.5 Å². The van der Waals surface area contributed by atoms with E-state index >= 15 is 0 Å². The van der Waals surface area contributed by atoms with Gasteiger partial charge < -0.3 is 5.73 Å². The van der Waals surface area contributed by atoms with Gasteiger partial charge in [-0.3, -0.25) is 4.90 Å². The average molecular weight is 152 g/mol. The highest BCUT2D eigenvalue weighted by Crippen LogP contribution is 2.48. The largest absolute Gasteiger partial charge is 0.330 e. The number of rotatable bonds is 1. The van der Waals surface area contributed by atoms with E-state index in [1.165, 1.54) is 25.9 Å². The monoisotopic (exact) mass is 152 g/mol. The minimum absolute atomic E-state index is 0.855. The first-order chi connectivity index (χ1) is 5.38. The number of hydrogen-bond donors (Lipinski definition) is 1. The zero-order chi connectivity index (χ0) is 7.42. The predicted octanol–water partition coefficient (Wildman–Crippen LogP) is 0.285. The van der Waals surface area contributed by atoms with Gasteiger partial charge in [-0.15, -0.1) is 0 Å². The highest BCUT2D eigenvalue weighted by Gasteiger charge is 2.51. The standard InChI is InChI=1S/C9H16N2/c10-3-8-7-1-6-2-9(8)11(4-6)5-7/h6-9H,1-5,10H2/t6-,7-,8-,9-/m0/s1. The summed E-state index contributed by atoms with van der Waals surface area (Å²) in [4.78, 5) is 2.68. The van der Waals surface area contributed by atoms with E-state index in [0.29, 0.717) is 0 Å². The van der Waals surface area contributed by atoms with E-state index in [4.69, 9.17) is 5.73 Å². The van der Waals surface area contributed by atoms with Gasteiger partial charge in [-0.25, -0.2) is 0 Å². The molecule has 3 aliphatic heterocycles. The molecule has 4 bridgehead atoms. The zero-order valence-corrected chi connectivity index (χ0v) is 6.87. The second-order valence-electron chi connectivity index (χ2n) is 4.52. The molecule has 11 heavy (non-hydrogen) atoms. The van der Waals surface area contributed by atoms with Gasteiger partial charge in [0.1, 0.15) is 0 Å². The minimum atomic E-state index is 0.855. The van der Waals surface area contributed by atoms with Crippen LogP contribution >= 0.6 is 0 Å². The molecule has 4 fully saturated rings. The first kappa shape index (κ1) is 6.44. The van der Waals surface area contributed by atoms with Crippen LogP contribution in [0.25, 0.3) is 0 Å². The van der Waals surface area contributed by atoms with E-state index in [1.54, 1.807) is 0 Å². The highest BCUT2D eigenvalue weighted by atomic mass is 15.2. The maximum Gasteiger partial charge on any atom is 0.0142 e. The molecule has 3 saturated heterocycles.